The molecule has 0 saturated heterocycles. The lowest BCUT2D eigenvalue weighted by atomic mass is 10.1. The maximum atomic E-state index is 11.7. The maximum absolute atomic E-state index is 11.7. The van der Waals surface area contributed by atoms with Crippen molar-refractivity contribution in [3.8, 4) is 5.75 Å². The Bertz CT molecular complexity index is 687. The number of rotatable bonds is 20. The molecule has 192 valence electrons. The van der Waals surface area contributed by atoms with Crippen LogP contribution in [0.3, 0.4) is 0 Å². The summed E-state index contributed by atoms with van der Waals surface area (Å²) in [5, 5.41) is 17.9. The minimum atomic E-state index is -0.233. The van der Waals surface area contributed by atoms with E-state index in [1.54, 1.807) is 24.3 Å². The van der Waals surface area contributed by atoms with Gasteiger partial charge in [-0.05, 0) is 69.1 Å². The number of hydrogen-bond donors (Lipinski definition) is 2. The summed E-state index contributed by atoms with van der Waals surface area (Å²) in [6.07, 6.45) is 8.35. The molecule has 0 heterocycles. The molecular formula is C26H40O8. The van der Waals surface area contributed by atoms with Gasteiger partial charge in [-0.25, -0.2) is 0 Å². The fourth-order valence-electron chi connectivity index (χ4n) is 3.19. The van der Waals surface area contributed by atoms with Gasteiger partial charge in [-0.1, -0.05) is 18.6 Å². The first kappa shape index (κ1) is 29.4. The number of hydrogen-bond acceptors (Lipinski definition) is 8. The zero-order chi connectivity index (χ0) is 24.9. The molecule has 0 spiro atoms. The van der Waals surface area contributed by atoms with Crippen molar-refractivity contribution in [1.29, 1.82) is 0 Å². The summed E-state index contributed by atoms with van der Waals surface area (Å²) in [6, 6.07) is 6.81. The van der Waals surface area contributed by atoms with Gasteiger partial charge >= 0.3 is 17.9 Å². The quantitative estimate of drug-likeness (QED) is 0.162. The SMILES string of the molecule is O=C(CCCCCO)OCCCCCC(=O)OCCCCCC(=O)OCCc1ccc(O)cc1. The fraction of sp³-hybridized carbons (Fsp3) is 0.654. The number of carbonyl (C=O) groups excluding carboxylic acids is 3. The Labute approximate surface area is 202 Å². The highest BCUT2D eigenvalue weighted by atomic mass is 16.5. The van der Waals surface area contributed by atoms with Gasteiger partial charge < -0.3 is 24.4 Å². The van der Waals surface area contributed by atoms with E-state index in [9.17, 15) is 19.5 Å². The summed E-state index contributed by atoms with van der Waals surface area (Å²) in [7, 11) is 0. The molecule has 1 rings (SSSR count). The highest BCUT2D eigenvalue weighted by Gasteiger charge is 2.06. The van der Waals surface area contributed by atoms with E-state index >= 15 is 0 Å². The molecule has 0 atom stereocenters. The maximum Gasteiger partial charge on any atom is 0.305 e. The Kier molecular flexibility index (Phi) is 17.2. The summed E-state index contributed by atoms with van der Waals surface area (Å²) in [5.74, 6) is -0.457. The normalized spacial score (nSPS) is 10.6. The number of ether oxygens (including phenoxy) is 3. The van der Waals surface area contributed by atoms with Gasteiger partial charge in [0.1, 0.15) is 5.75 Å². The van der Waals surface area contributed by atoms with Crippen LogP contribution in [-0.2, 0) is 35.0 Å². The van der Waals surface area contributed by atoms with Crippen molar-refractivity contribution in [2.24, 2.45) is 0 Å². The third kappa shape index (κ3) is 16.9. The average Bonchev–Trinajstić information content (AvgIpc) is 2.82. The van der Waals surface area contributed by atoms with Crippen LogP contribution in [0.25, 0.3) is 0 Å². The second-order valence-electron chi connectivity index (χ2n) is 8.23. The van der Waals surface area contributed by atoms with Crippen LogP contribution in [0.5, 0.6) is 5.75 Å². The molecule has 0 aliphatic rings. The van der Waals surface area contributed by atoms with Gasteiger partial charge in [0.05, 0.1) is 19.8 Å². The van der Waals surface area contributed by atoms with Gasteiger partial charge in [-0.3, -0.25) is 14.4 Å². The number of aromatic hydroxyl groups is 1. The van der Waals surface area contributed by atoms with E-state index in [4.69, 9.17) is 19.3 Å². The molecule has 0 unspecified atom stereocenters. The first-order valence-electron chi connectivity index (χ1n) is 12.4. The van der Waals surface area contributed by atoms with Gasteiger partial charge in [0.2, 0.25) is 0 Å². The highest BCUT2D eigenvalue weighted by molar-refractivity contribution is 5.70. The second kappa shape index (κ2) is 19.8. The third-order valence-electron chi connectivity index (χ3n) is 5.21. The Morgan fingerprint density at radius 1 is 0.588 bits per heavy atom. The smallest absolute Gasteiger partial charge is 0.305 e. The lowest BCUT2D eigenvalue weighted by Crippen LogP contribution is -2.08. The van der Waals surface area contributed by atoms with Gasteiger partial charge in [-0.2, -0.15) is 0 Å². The largest absolute Gasteiger partial charge is 0.508 e. The van der Waals surface area contributed by atoms with E-state index in [1.165, 1.54) is 0 Å². The number of benzene rings is 1. The first-order chi connectivity index (χ1) is 16.5. The van der Waals surface area contributed by atoms with E-state index in [-0.39, 0.29) is 30.3 Å². The van der Waals surface area contributed by atoms with Crippen molar-refractivity contribution >= 4 is 17.9 Å². The van der Waals surface area contributed by atoms with E-state index in [1.807, 2.05) is 0 Å². The number of aliphatic hydroxyl groups is 1. The molecule has 34 heavy (non-hydrogen) atoms. The van der Waals surface area contributed by atoms with Crippen molar-refractivity contribution in [2.45, 2.75) is 83.5 Å². The van der Waals surface area contributed by atoms with Gasteiger partial charge in [0.25, 0.3) is 0 Å². The third-order valence-corrected chi connectivity index (χ3v) is 5.21. The molecule has 0 radical (unpaired) electrons. The van der Waals surface area contributed by atoms with E-state index in [0.717, 1.165) is 37.7 Å². The van der Waals surface area contributed by atoms with Crippen LogP contribution < -0.4 is 0 Å². The van der Waals surface area contributed by atoms with Gasteiger partial charge in [-0.15, -0.1) is 0 Å². The van der Waals surface area contributed by atoms with Crippen molar-refractivity contribution in [1.82, 2.24) is 0 Å². The zero-order valence-electron chi connectivity index (χ0n) is 20.2. The van der Waals surface area contributed by atoms with Crippen molar-refractivity contribution in [3.05, 3.63) is 29.8 Å². The molecule has 1 aromatic carbocycles. The molecule has 8 heteroatoms. The lowest BCUT2D eigenvalue weighted by molar-refractivity contribution is -0.145. The Balaban J connectivity index is 1.87. The monoisotopic (exact) mass is 480 g/mol. The second-order valence-corrected chi connectivity index (χ2v) is 8.23. The van der Waals surface area contributed by atoms with Crippen LogP contribution in [0, 0.1) is 0 Å². The number of carbonyl (C=O) groups is 3. The Morgan fingerprint density at radius 3 is 1.50 bits per heavy atom. The molecular weight excluding hydrogens is 440 g/mol. The molecule has 2 N–H and O–H groups in total. The summed E-state index contributed by atoms with van der Waals surface area (Å²) >= 11 is 0. The average molecular weight is 481 g/mol. The first-order valence-corrected chi connectivity index (χ1v) is 12.4. The Morgan fingerprint density at radius 2 is 1.03 bits per heavy atom. The number of unbranched alkanes of at least 4 members (excludes halogenated alkanes) is 6. The number of aliphatic hydroxyl groups excluding tert-OH is 1. The summed E-state index contributed by atoms with van der Waals surface area (Å²) in [6.45, 7) is 1.18. The zero-order valence-corrected chi connectivity index (χ0v) is 20.2. The predicted octanol–water partition coefficient (Wildman–Crippen LogP) is 4.24. The Hall–Kier alpha value is -2.61. The van der Waals surface area contributed by atoms with Crippen LogP contribution in [0.4, 0.5) is 0 Å². The van der Waals surface area contributed by atoms with Crippen molar-refractivity contribution in [2.75, 3.05) is 26.4 Å². The molecule has 0 saturated carbocycles. The number of phenols is 1. The van der Waals surface area contributed by atoms with Gasteiger partial charge in [0, 0.05) is 32.3 Å². The molecule has 0 aliphatic carbocycles. The lowest BCUT2D eigenvalue weighted by Gasteiger charge is -2.07. The molecule has 8 nitrogen and oxygen atoms in total. The number of esters is 3. The van der Waals surface area contributed by atoms with Crippen LogP contribution in [-0.4, -0.2) is 54.5 Å². The molecule has 0 fully saturated rings. The summed E-state index contributed by atoms with van der Waals surface area (Å²) in [4.78, 5) is 35.0. The van der Waals surface area contributed by atoms with Crippen molar-refractivity contribution in [3.63, 3.8) is 0 Å². The molecule has 0 aliphatic heterocycles. The molecule has 0 aromatic heterocycles. The predicted molar refractivity (Wildman–Crippen MR) is 127 cm³/mol. The highest BCUT2D eigenvalue weighted by Crippen LogP contribution is 2.10. The standard InChI is InChI=1S/C26H40O8/c27-18-7-1-4-10-24(29)32-19-8-2-5-11-25(30)33-20-9-3-6-12-26(31)34-21-17-22-13-15-23(28)16-14-22/h13-16,27-28H,1-12,17-21H2. The minimum Gasteiger partial charge on any atom is -0.508 e. The van der Waals surface area contributed by atoms with Crippen molar-refractivity contribution < 1.29 is 38.8 Å². The van der Waals surface area contributed by atoms with E-state index < -0.39 is 0 Å². The molecule has 0 bridgehead atoms. The van der Waals surface area contributed by atoms with Crippen LogP contribution in [0.1, 0.15) is 82.6 Å². The summed E-state index contributed by atoms with van der Waals surface area (Å²) in [5.41, 5.74) is 0.997. The summed E-state index contributed by atoms with van der Waals surface area (Å²) < 4.78 is 15.5. The van der Waals surface area contributed by atoms with Crippen LogP contribution in [0.15, 0.2) is 24.3 Å². The minimum absolute atomic E-state index is 0.151. The van der Waals surface area contributed by atoms with E-state index in [2.05, 4.69) is 0 Å². The fourth-order valence-corrected chi connectivity index (χ4v) is 3.19. The topological polar surface area (TPSA) is 119 Å². The van der Waals surface area contributed by atoms with Crippen LogP contribution in [0.2, 0.25) is 0 Å². The molecule has 1 aromatic rings. The molecule has 0 amide bonds. The van der Waals surface area contributed by atoms with E-state index in [0.29, 0.717) is 71.2 Å². The van der Waals surface area contributed by atoms with Gasteiger partial charge in [0.15, 0.2) is 0 Å². The number of phenolic OH excluding ortho intramolecular Hbond substituents is 1. The van der Waals surface area contributed by atoms with Crippen LogP contribution >= 0.6 is 0 Å².